The molecule has 21 heavy (non-hydrogen) atoms. The maximum absolute atomic E-state index is 12.0. The maximum atomic E-state index is 12.0. The number of aromatic nitrogens is 2. The standard InChI is InChI=1S/C14H13Cl2N3O2/c1-8-3-4-11(9(2)5-8)18-12(20)7-19-14(21)13(16)10(15)6-17-19/h3-6H,7H2,1-2H3,(H,18,20). The number of nitrogens with zero attached hydrogens (tertiary/aromatic N) is 2. The highest BCUT2D eigenvalue weighted by Crippen LogP contribution is 2.16. The third-order valence-electron chi connectivity index (χ3n) is 2.89. The van der Waals surface area contributed by atoms with Crippen LogP contribution < -0.4 is 10.9 Å². The summed E-state index contributed by atoms with van der Waals surface area (Å²) in [7, 11) is 0. The van der Waals surface area contributed by atoms with Crippen LogP contribution in [0.15, 0.2) is 29.2 Å². The monoisotopic (exact) mass is 325 g/mol. The van der Waals surface area contributed by atoms with Crippen molar-refractivity contribution in [2.45, 2.75) is 20.4 Å². The van der Waals surface area contributed by atoms with Crippen LogP contribution >= 0.6 is 23.2 Å². The molecule has 7 heteroatoms. The average Bonchev–Trinajstić information content (AvgIpc) is 2.43. The summed E-state index contributed by atoms with van der Waals surface area (Å²) in [5.74, 6) is -0.366. The molecule has 1 aromatic carbocycles. The smallest absolute Gasteiger partial charge is 0.287 e. The minimum Gasteiger partial charge on any atom is -0.324 e. The van der Waals surface area contributed by atoms with E-state index in [1.807, 2.05) is 32.0 Å². The molecule has 0 aliphatic heterocycles. The molecule has 1 N–H and O–H groups in total. The Morgan fingerprint density at radius 1 is 1.33 bits per heavy atom. The zero-order valence-electron chi connectivity index (χ0n) is 11.5. The quantitative estimate of drug-likeness (QED) is 0.943. The molecule has 0 unspecified atom stereocenters. The van der Waals surface area contributed by atoms with Gasteiger partial charge in [-0.1, -0.05) is 40.9 Å². The highest BCUT2D eigenvalue weighted by Gasteiger charge is 2.11. The Morgan fingerprint density at radius 2 is 2.05 bits per heavy atom. The number of nitrogens with one attached hydrogen (secondary N) is 1. The summed E-state index contributed by atoms with van der Waals surface area (Å²) in [6.07, 6.45) is 1.23. The van der Waals surface area contributed by atoms with E-state index in [4.69, 9.17) is 23.2 Å². The van der Waals surface area contributed by atoms with Crippen molar-refractivity contribution in [1.82, 2.24) is 9.78 Å². The first-order valence-electron chi connectivity index (χ1n) is 6.16. The van der Waals surface area contributed by atoms with Gasteiger partial charge < -0.3 is 5.32 Å². The van der Waals surface area contributed by atoms with Crippen molar-refractivity contribution >= 4 is 34.8 Å². The fraction of sp³-hybridized carbons (Fsp3) is 0.214. The molecule has 110 valence electrons. The van der Waals surface area contributed by atoms with Crippen LogP contribution in [0.3, 0.4) is 0 Å². The van der Waals surface area contributed by atoms with Crippen molar-refractivity contribution < 1.29 is 4.79 Å². The van der Waals surface area contributed by atoms with Gasteiger partial charge in [0.15, 0.2) is 0 Å². The number of amides is 1. The fourth-order valence-electron chi connectivity index (χ4n) is 1.84. The largest absolute Gasteiger partial charge is 0.324 e. The predicted molar refractivity (Wildman–Crippen MR) is 83.1 cm³/mol. The summed E-state index contributed by atoms with van der Waals surface area (Å²) in [6, 6.07) is 5.67. The summed E-state index contributed by atoms with van der Waals surface area (Å²) in [5, 5.41) is 6.43. The number of rotatable bonds is 3. The lowest BCUT2D eigenvalue weighted by Crippen LogP contribution is -2.30. The zero-order valence-corrected chi connectivity index (χ0v) is 13.0. The molecule has 2 rings (SSSR count). The molecular weight excluding hydrogens is 313 g/mol. The van der Waals surface area contributed by atoms with E-state index in [0.29, 0.717) is 5.69 Å². The average molecular weight is 326 g/mol. The molecular formula is C14H13Cl2N3O2. The second-order valence-electron chi connectivity index (χ2n) is 4.64. The Morgan fingerprint density at radius 3 is 2.71 bits per heavy atom. The summed E-state index contributed by atoms with van der Waals surface area (Å²) in [5.41, 5.74) is 2.14. The van der Waals surface area contributed by atoms with E-state index in [2.05, 4.69) is 10.4 Å². The molecule has 0 bridgehead atoms. The Hall–Kier alpha value is -1.85. The number of benzene rings is 1. The Bertz CT molecular complexity index is 756. The lowest BCUT2D eigenvalue weighted by Gasteiger charge is -2.10. The molecule has 0 radical (unpaired) electrons. The maximum Gasteiger partial charge on any atom is 0.287 e. The zero-order chi connectivity index (χ0) is 15.6. The van der Waals surface area contributed by atoms with Crippen LogP contribution in [-0.4, -0.2) is 15.7 Å². The van der Waals surface area contributed by atoms with Gasteiger partial charge in [0.25, 0.3) is 5.56 Å². The first-order valence-corrected chi connectivity index (χ1v) is 6.92. The topological polar surface area (TPSA) is 64.0 Å². The Labute approximate surface area is 131 Å². The molecule has 1 aromatic heterocycles. The predicted octanol–water partition coefficient (Wildman–Crippen LogP) is 2.81. The van der Waals surface area contributed by atoms with Gasteiger partial charge in [-0.2, -0.15) is 5.10 Å². The van der Waals surface area contributed by atoms with Crippen molar-refractivity contribution in [3.8, 4) is 0 Å². The van der Waals surface area contributed by atoms with E-state index in [0.717, 1.165) is 15.8 Å². The third kappa shape index (κ3) is 3.62. The van der Waals surface area contributed by atoms with Gasteiger partial charge in [-0.25, -0.2) is 4.68 Å². The minimum absolute atomic E-state index is 0.0627. The normalized spacial score (nSPS) is 10.5. The number of carbonyl (C=O) groups is 1. The SMILES string of the molecule is Cc1ccc(NC(=O)Cn2ncc(Cl)c(Cl)c2=O)c(C)c1. The highest BCUT2D eigenvalue weighted by atomic mass is 35.5. The molecule has 0 aliphatic rings. The molecule has 0 saturated carbocycles. The van der Waals surface area contributed by atoms with Crippen LogP contribution in [0.5, 0.6) is 0 Å². The molecule has 0 aliphatic carbocycles. The van der Waals surface area contributed by atoms with Gasteiger partial charge in [-0.3, -0.25) is 9.59 Å². The van der Waals surface area contributed by atoms with Gasteiger partial charge in [-0.15, -0.1) is 0 Å². The van der Waals surface area contributed by atoms with Crippen LogP contribution in [-0.2, 0) is 11.3 Å². The number of carbonyl (C=O) groups excluding carboxylic acids is 1. The molecule has 1 heterocycles. The van der Waals surface area contributed by atoms with Crippen LogP contribution in [0.2, 0.25) is 10.0 Å². The lowest BCUT2D eigenvalue weighted by molar-refractivity contribution is -0.117. The second kappa shape index (κ2) is 6.28. The lowest BCUT2D eigenvalue weighted by atomic mass is 10.1. The molecule has 0 fully saturated rings. The minimum atomic E-state index is -0.597. The van der Waals surface area contributed by atoms with Crippen molar-refractivity contribution in [2.24, 2.45) is 0 Å². The molecule has 0 atom stereocenters. The number of hydrogen-bond donors (Lipinski definition) is 1. The summed E-state index contributed by atoms with van der Waals surface area (Å²) < 4.78 is 0.965. The number of hydrogen-bond acceptors (Lipinski definition) is 3. The molecule has 5 nitrogen and oxygen atoms in total. The van der Waals surface area contributed by atoms with Crippen LogP contribution in [0.25, 0.3) is 0 Å². The number of aryl methyl sites for hydroxylation is 2. The van der Waals surface area contributed by atoms with Gasteiger partial charge in [-0.05, 0) is 25.5 Å². The van der Waals surface area contributed by atoms with Gasteiger partial charge >= 0.3 is 0 Å². The second-order valence-corrected chi connectivity index (χ2v) is 5.42. The van der Waals surface area contributed by atoms with E-state index >= 15 is 0 Å². The van der Waals surface area contributed by atoms with E-state index in [-0.39, 0.29) is 22.5 Å². The summed E-state index contributed by atoms with van der Waals surface area (Å²) in [6.45, 7) is 3.63. The molecule has 2 aromatic rings. The van der Waals surface area contributed by atoms with Crippen LogP contribution in [0, 0.1) is 13.8 Å². The fourth-order valence-corrected chi connectivity index (χ4v) is 2.11. The molecule has 1 amide bonds. The number of anilines is 1. The highest BCUT2D eigenvalue weighted by molar-refractivity contribution is 6.41. The molecule has 0 saturated heterocycles. The first-order chi connectivity index (χ1) is 9.88. The third-order valence-corrected chi connectivity index (χ3v) is 3.64. The first kappa shape index (κ1) is 15.5. The van der Waals surface area contributed by atoms with E-state index < -0.39 is 5.56 Å². The van der Waals surface area contributed by atoms with E-state index in [1.54, 1.807) is 0 Å². The van der Waals surface area contributed by atoms with Crippen molar-refractivity contribution in [3.05, 3.63) is 55.9 Å². The van der Waals surface area contributed by atoms with Gasteiger partial charge in [0, 0.05) is 5.69 Å². The number of halogens is 2. The van der Waals surface area contributed by atoms with Gasteiger partial charge in [0.2, 0.25) is 5.91 Å². The summed E-state index contributed by atoms with van der Waals surface area (Å²) in [4.78, 5) is 23.8. The van der Waals surface area contributed by atoms with Gasteiger partial charge in [0.05, 0.1) is 11.2 Å². The van der Waals surface area contributed by atoms with Gasteiger partial charge in [0.1, 0.15) is 11.6 Å². The van der Waals surface area contributed by atoms with E-state index in [1.165, 1.54) is 6.20 Å². The Balaban J connectivity index is 2.16. The Kier molecular flexibility index (Phi) is 4.65. The van der Waals surface area contributed by atoms with Crippen LogP contribution in [0.4, 0.5) is 5.69 Å². The van der Waals surface area contributed by atoms with Crippen molar-refractivity contribution in [2.75, 3.05) is 5.32 Å². The van der Waals surface area contributed by atoms with Crippen molar-refractivity contribution in [3.63, 3.8) is 0 Å². The van der Waals surface area contributed by atoms with E-state index in [9.17, 15) is 9.59 Å². The van der Waals surface area contributed by atoms with Crippen molar-refractivity contribution in [1.29, 1.82) is 0 Å². The molecule has 0 spiro atoms. The summed E-state index contributed by atoms with van der Waals surface area (Å²) >= 11 is 11.4. The van der Waals surface area contributed by atoms with Crippen LogP contribution in [0.1, 0.15) is 11.1 Å².